The van der Waals surface area contributed by atoms with Crippen LogP contribution < -0.4 is 4.74 Å². The van der Waals surface area contributed by atoms with E-state index in [1.165, 1.54) is 12.8 Å². The summed E-state index contributed by atoms with van der Waals surface area (Å²) in [5.74, 6) is 1.27. The molecule has 1 saturated heterocycles. The molecule has 0 spiro atoms. The van der Waals surface area contributed by atoms with E-state index >= 15 is 0 Å². The lowest BCUT2D eigenvalue weighted by Gasteiger charge is -2.28. The molecular formula is C13H18N4O. The third-order valence-corrected chi connectivity index (χ3v) is 3.33. The standard InChI is InChI=1S/C13H18N4O/c1-17-8-6-11(7-9-17)10-18-13-5-3-2-4-12(13)15-16-14/h2-5,11H,6-10H2,1H3. The predicted octanol–water partition coefficient (Wildman–Crippen LogP) is 3.35. The Morgan fingerprint density at radius 1 is 1.39 bits per heavy atom. The summed E-state index contributed by atoms with van der Waals surface area (Å²) in [6.45, 7) is 2.96. The van der Waals surface area contributed by atoms with Crippen molar-refractivity contribution in [1.82, 2.24) is 4.90 Å². The summed E-state index contributed by atoms with van der Waals surface area (Å²) in [5, 5.41) is 3.63. The minimum absolute atomic E-state index is 0.563. The van der Waals surface area contributed by atoms with Crippen LogP contribution in [0.5, 0.6) is 5.75 Å². The number of ether oxygens (including phenoxy) is 1. The normalized spacial score (nSPS) is 17.2. The molecule has 1 heterocycles. The Bertz CT molecular complexity index is 434. The molecule has 0 unspecified atom stereocenters. The molecular weight excluding hydrogens is 228 g/mol. The first kappa shape index (κ1) is 12.7. The molecule has 1 aliphatic rings. The fourth-order valence-corrected chi connectivity index (χ4v) is 2.15. The molecule has 1 aromatic rings. The van der Waals surface area contributed by atoms with Crippen LogP contribution in [0, 0.1) is 5.92 Å². The maximum Gasteiger partial charge on any atom is 0.128 e. The van der Waals surface area contributed by atoms with Gasteiger partial charge in [-0.2, -0.15) is 0 Å². The highest BCUT2D eigenvalue weighted by Crippen LogP contribution is 2.28. The van der Waals surface area contributed by atoms with Crippen molar-refractivity contribution in [3.8, 4) is 5.75 Å². The van der Waals surface area contributed by atoms with Gasteiger partial charge in [-0.25, -0.2) is 0 Å². The van der Waals surface area contributed by atoms with Crippen molar-refractivity contribution in [3.63, 3.8) is 0 Å². The van der Waals surface area contributed by atoms with Gasteiger partial charge in [-0.1, -0.05) is 17.2 Å². The number of azide groups is 1. The number of hydrogen-bond donors (Lipinski definition) is 0. The highest BCUT2D eigenvalue weighted by atomic mass is 16.5. The van der Waals surface area contributed by atoms with E-state index in [0.717, 1.165) is 13.1 Å². The van der Waals surface area contributed by atoms with Crippen molar-refractivity contribution in [3.05, 3.63) is 34.7 Å². The summed E-state index contributed by atoms with van der Waals surface area (Å²) in [6.07, 6.45) is 2.33. The minimum atomic E-state index is 0.563. The summed E-state index contributed by atoms with van der Waals surface area (Å²) in [4.78, 5) is 5.15. The number of para-hydroxylation sites is 1. The number of benzene rings is 1. The summed E-state index contributed by atoms with van der Waals surface area (Å²) < 4.78 is 5.78. The molecule has 0 aliphatic carbocycles. The Labute approximate surface area is 107 Å². The number of likely N-dealkylation sites (tertiary alicyclic amines) is 1. The predicted molar refractivity (Wildman–Crippen MR) is 71.0 cm³/mol. The Balaban J connectivity index is 1.92. The van der Waals surface area contributed by atoms with Crippen LogP contribution in [0.3, 0.4) is 0 Å². The monoisotopic (exact) mass is 246 g/mol. The molecule has 0 atom stereocenters. The van der Waals surface area contributed by atoms with E-state index in [1.807, 2.05) is 18.2 Å². The van der Waals surface area contributed by atoms with Crippen molar-refractivity contribution in [2.24, 2.45) is 11.0 Å². The van der Waals surface area contributed by atoms with Gasteiger partial charge in [-0.15, -0.1) is 0 Å². The Hall–Kier alpha value is -1.71. The van der Waals surface area contributed by atoms with Crippen molar-refractivity contribution < 1.29 is 4.74 Å². The molecule has 0 aromatic heterocycles. The summed E-state index contributed by atoms with van der Waals surface area (Å²) in [7, 11) is 2.15. The second-order valence-electron chi connectivity index (χ2n) is 4.71. The van der Waals surface area contributed by atoms with Crippen LogP contribution in [0.2, 0.25) is 0 Å². The van der Waals surface area contributed by atoms with E-state index in [9.17, 15) is 0 Å². The third kappa shape index (κ3) is 3.39. The highest BCUT2D eigenvalue weighted by Gasteiger charge is 2.17. The van der Waals surface area contributed by atoms with Gasteiger partial charge in [0.1, 0.15) is 5.75 Å². The maximum atomic E-state index is 8.49. The van der Waals surface area contributed by atoms with Crippen LogP contribution in [0.25, 0.3) is 10.4 Å². The quantitative estimate of drug-likeness (QED) is 0.464. The van der Waals surface area contributed by atoms with Gasteiger partial charge in [-0.05, 0) is 56.6 Å². The zero-order chi connectivity index (χ0) is 12.8. The second-order valence-corrected chi connectivity index (χ2v) is 4.71. The first-order chi connectivity index (χ1) is 8.79. The van der Waals surface area contributed by atoms with Crippen LogP contribution in [0.15, 0.2) is 29.4 Å². The topological polar surface area (TPSA) is 61.2 Å². The van der Waals surface area contributed by atoms with Crippen LogP contribution >= 0.6 is 0 Å². The fraction of sp³-hybridized carbons (Fsp3) is 0.538. The molecule has 5 heteroatoms. The zero-order valence-corrected chi connectivity index (χ0v) is 10.6. The van der Waals surface area contributed by atoms with Crippen LogP contribution in [-0.2, 0) is 0 Å². The molecule has 1 aliphatic heterocycles. The number of rotatable bonds is 4. The molecule has 0 N–H and O–H groups in total. The van der Waals surface area contributed by atoms with E-state index in [4.69, 9.17) is 10.3 Å². The van der Waals surface area contributed by atoms with Gasteiger partial charge in [0, 0.05) is 4.91 Å². The van der Waals surface area contributed by atoms with E-state index in [2.05, 4.69) is 22.0 Å². The molecule has 0 radical (unpaired) electrons. The van der Waals surface area contributed by atoms with Gasteiger partial charge < -0.3 is 9.64 Å². The SMILES string of the molecule is CN1CCC(COc2ccccc2N=[N+]=[N-])CC1. The lowest BCUT2D eigenvalue weighted by atomic mass is 9.98. The van der Waals surface area contributed by atoms with Gasteiger partial charge in [0.05, 0.1) is 12.3 Å². The van der Waals surface area contributed by atoms with Gasteiger partial charge in [-0.3, -0.25) is 0 Å². The minimum Gasteiger partial charge on any atom is -0.493 e. The molecule has 0 saturated carbocycles. The van der Waals surface area contributed by atoms with Crippen LogP contribution in [0.4, 0.5) is 5.69 Å². The van der Waals surface area contributed by atoms with Gasteiger partial charge in [0.15, 0.2) is 0 Å². The highest BCUT2D eigenvalue weighted by molar-refractivity contribution is 5.51. The molecule has 18 heavy (non-hydrogen) atoms. The average Bonchev–Trinajstić information content (AvgIpc) is 2.40. The maximum absolute atomic E-state index is 8.49. The van der Waals surface area contributed by atoms with Crippen LogP contribution in [-0.4, -0.2) is 31.6 Å². The fourth-order valence-electron chi connectivity index (χ4n) is 2.15. The van der Waals surface area contributed by atoms with E-state index in [1.54, 1.807) is 6.07 Å². The van der Waals surface area contributed by atoms with Crippen molar-refractivity contribution >= 4 is 5.69 Å². The first-order valence-corrected chi connectivity index (χ1v) is 6.25. The van der Waals surface area contributed by atoms with Gasteiger partial charge >= 0.3 is 0 Å². The van der Waals surface area contributed by atoms with Crippen LogP contribution in [0.1, 0.15) is 12.8 Å². The summed E-state index contributed by atoms with van der Waals surface area (Å²) in [5.41, 5.74) is 9.05. The van der Waals surface area contributed by atoms with Gasteiger partial charge in [0.25, 0.3) is 0 Å². The van der Waals surface area contributed by atoms with Gasteiger partial charge in [0.2, 0.25) is 0 Å². The van der Waals surface area contributed by atoms with Crippen molar-refractivity contribution in [1.29, 1.82) is 0 Å². The molecule has 0 amide bonds. The Morgan fingerprint density at radius 3 is 2.83 bits per heavy atom. The van der Waals surface area contributed by atoms with E-state index in [-0.39, 0.29) is 0 Å². The Morgan fingerprint density at radius 2 is 2.11 bits per heavy atom. The molecule has 1 aromatic carbocycles. The second kappa shape index (κ2) is 6.28. The Kier molecular flexibility index (Phi) is 4.45. The lowest BCUT2D eigenvalue weighted by Crippen LogP contribution is -2.32. The third-order valence-electron chi connectivity index (χ3n) is 3.33. The summed E-state index contributed by atoms with van der Waals surface area (Å²) in [6, 6.07) is 7.34. The largest absolute Gasteiger partial charge is 0.493 e. The molecule has 5 nitrogen and oxygen atoms in total. The first-order valence-electron chi connectivity index (χ1n) is 6.25. The van der Waals surface area contributed by atoms with E-state index < -0.39 is 0 Å². The van der Waals surface area contributed by atoms with Crippen molar-refractivity contribution in [2.45, 2.75) is 12.8 Å². The molecule has 1 fully saturated rings. The number of piperidine rings is 1. The average molecular weight is 246 g/mol. The molecule has 96 valence electrons. The van der Waals surface area contributed by atoms with Crippen molar-refractivity contribution in [2.75, 3.05) is 26.7 Å². The number of nitrogens with zero attached hydrogens (tertiary/aromatic N) is 4. The zero-order valence-electron chi connectivity index (χ0n) is 10.6. The number of hydrogen-bond acceptors (Lipinski definition) is 3. The molecule has 2 rings (SSSR count). The van der Waals surface area contributed by atoms with E-state index in [0.29, 0.717) is 24.0 Å². The summed E-state index contributed by atoms with van der Waals surface area (Å²) >= 11 is 0. The molecule has 0 bridgehead atoms. The smallest absolute Gasteiger partial charge is 0.128 e. The lowest BCUT2D eigenvalue weighted by molar-refractivity contribution is 0.160.